The second-order valence-electron chi connectivity index (χ2n) is 5.93. The fourth-order valence-corrected chi connectivity index (χ4v) is 3.88. The van der Waals surface area contributed by atoms with Crippen LogP contribution in [0.25, 0.3) is 17.2 Å². The van der Waals surface area contributed by atoms with Gasteiger partial charge in [-0.25, -0.2) is 0 Å². The number of allylic oxidation sites excluding steroid dienone is 1. The van der Waals surface area contributed by atoms with Gasteiger partial charge < -0.3 is 0 Å². The fraction of sp³-hybridized carbons (Fsp3) is 0.263. The third kappa shape index (κ3) is 2.14. The smallest absolute Gasteiger partial charge is 0.0251 e. The van der Waals surface area contributed by atoms with Crippen LogP contribution in [-0.4, -0.2) is 0 Å². The van der Waals surface area contributed by atoms with Crippen LogP contribution in [0.3, 0.4) is 0 Å². The maximum Gasteiger partial charge on any atom is 0.0251 e. The lowest BCUT2D eigenvalue weighted by atomic mass is 9.89. The topological polar surface area (TPSA) is 0 Å². The minimum absolute atomic E-state index is 1.07. The third-order valence-corrected chi connectivity index (χ3v) is 4.79. The molecule has 0 amide bonds. The number of rotatable bonds is 1. The van der Waals surface area contributed by atoms with E-state index in [-0.39, 0.29) is 0 Å². The molecule has 0 saturated heterocycles. The van der Waals surface area contributed by atoms with E-state index in [0.717, 1.165) is 6.42 Å². The van der Waals surface area contributed by atoms with Crippen molar-refractivity contribution in [1.29, 1.82) is 0 Å². The van der Waals surface area contributed by atoms with E-state index in [4.69, 9.17) is 0 Å². The van der Waals surface area contributed by atoms with Crippen molar-refractivity contribution in [3.63, 3.8) is 0 Å². The molecule has 0 heterocycles. The van der Waals surface area contributed by atoms with Gasteiger partial charge in [0.25, 0.3) is 0 Å². The van der Waals surface area contributed by atoms with Crippen molar-refractivity contribution in [3.8, 4) is 11.1 Å². The summed E-state index contributed by atoms with van der Waals surface area (Å²) in [5.41, 5.74) is 11.1. The van der Waals surface area contributed by atoms with E-state index in [1.54, 1.807) is 0 Å². The lowest BCUT2D eigenvalue weighted by Gasteiger charge is -2.16. The minimum Gasteiger partial charge on any atom is -0.0682 e. The lowest BCUT2D eigenvalue weighted by molar-refractivity contribution is 1.19. The highest BCUT2D eigenvalue weighted by molar-refractivity contribution is 9.10. The maximum absolute atomic E-state index is 3.69. The molecule has 20 heavy (non-hydrogen) atoms. The quantitative estimate of drug-likeness (QED) is 0.602. The summed E-state index contributed by atoms with van der Waals surface area (Å²) in [4.78, 5) is 0. The molecule has 1 aliphatic rings. The van der Waals surface area contributed by atoms with Gasteiger partial charge >= 0.3 is 0 Å². The van der Waals surface area contributed by atoms with Crippen LogP contribution in [0.1, 0.15) is 34.7 Å². The summed E-state index contributed by atoms with van der Waals surface area (Å²) in [6.07, 6.45) is 3.37. The fourth-order valence-electron chi connectivity index (χ4n) is 3.40. The normalized spacial score (nSPS) is 13.3. The molecule has 0 spiro atoms. The number of aryl methyl sites for hydroxylation is 3. The van der Waals surface area contributed by atoms with Crippen molar-refractivity contribution in [3.05, 3.63) is 62.1 Å². The summed E-state index contributed by atoms with van der Waals surface area (Å²) in [6, 6.07) is 9.01. The minimum atomic E-state index is 1.07. The van der Waals surface area contributed by atoms with Crippen molar-refractivity contribution < 1.29 is 0 Å². The largest absolute Gasteiger partial charge is 0.0682 e. The summed E-state index contributed by atoms with van der Waals surface area (Å²) < 4.78 is 1.20. The number of hydrogen-bond acceptors (Lipinski definition) is 0. The van der Waals surface area contributed by atoms with Crippen LogP contribution in [0.5, 0.6) is 0 Å². The molecule has 3 rings (SSSR count). The Labute approximate surface area is 129 Å². The van der Waals surface area contributed by atoms with Crippen molar-refractivity contribution in [2.75, 3.05) is 0 Å². The molecule has 2 aromatic carbocycles. The number of halogens is 1. The zero-order valence-corrected chi connectivity index (χ0v) is 14.1. The molecule has 0 aromatic heterocycles. The Bertz CT molecular complexity index is 713. The first kappa shape index (κ1) is 13.6. The van der Waals surface area contributed by atoms with Gasteiger partial charge in [-0.2, -0.15) is 0 Å². The Morgan fingerprint density at radius 3 is 2.25 bits per heavy atom. The molecule has 0 fully saturated rings. The number of fused-ring (bicyclic) bond motifs is 1. The van der Waals surface area contributed by atoms with Gasteiger partial charge in [0, 0.05) is 4.47 Å². The van der Waals surface area contributed by atoms with E-state index in [1.807, 2.05) is 0 Å². The monoisotopic (exact) mass is 326 g/mol. The van der Waals surface area contributed by atoms with E-state index in [2.05, 4.69) is 74.0 Å². The lowest BCUT2D eigenvalue weighted by Crippen LogP contribution is -1.96. The summed E-state index contributed by atoms with van der Waals surface area (Å²) in [6.45, 7) is 8.82. The van der Waals surface area contributed by atoms with Gasteiger partial charge in [0.05, 0.1) is 0 Å². The summed E-state index contributed by atoms with van der Waals surface area (Å²) in [7, 11) is 0. The second-order valence-corrected chi connectivity index (χ2v) is 6.78. The van der Waals surface area contributed by atoms with Gasteiger partial charge in [-0.05, 0) is 73.6 Å². The summed E-state index contributed by atoms with van der Waals surface area (Å²) in [5.74, 6) is 0. The van der Waals surface area contributed by atoms with Crippen LogP contribution in [0.2, 0.25) is 0 Å². The highest BCUT2D eigenvalue weighted by atomic mass is 79.9. The van der Waals surface area contributed by atoms with Gasteiger partial charge in [0.2, 0.25) is 0 Å². The number of hydrogen-bond donors (Lipinski definition) is 0. The van der Waals surface area contributed by atoms with E-state index in [0.29, 0.717) is 0 Å². The molecule has 102 valence electrons. The number of benzene rings is 2. The van der Waals surface area contributed by atoms with Gasteiger partial charge in [-0.15, -0.1) is 0 Å². The predicted molar refractivity (Wildman–Crippen MR) is 91.1 cm³/mol. The molecule has 1 aliphatic carbocycles. The summed E-state index contributed by atoms with van der Waals surface area (Å²) in [5, 5.41) is 0. The first-order valence-corrected chi connectivity index (χ1v) is 7.83. The van der Waals surface area contributed by atoms with Crippen LogP contribution in [0.15, 0.2) is 34.3 Å². The van der Waals surface area contributed by atoms with Crippen molar-refractivity contribution in [2.24, 2.45) is 0 Å². The summed E-state index contributed by atoms with van der Waals surface area (Å²) >= 11 is 3.69. The Morgan fingerprint density at radius 1 is 0.950 bits per heavy atom. The van der Waals surface area contributed by atoms with Crippen molar-refractivity contribution in [2.45, 2.75) is 34.1 Å². The van der Waals surface area contributed by atoms with Gasteiger partial charge in [0.1, 0.15) is 0 Å². The molecule has 0 radical (unpaired) electrons. The van der Waals surface area contributed by atoms with E-state index in [9.17, 15) is 0 Å². The van der Waals surface area contributed by atoms with Crippen LogP contribution in [0, 0.1) is 20.8 Å². The van der Waals surface area contributed by atoms with Crippen LogP contribution in [0.4, 0.5) is 0 Å². The second kappa shape index (κ2) is 4.89. The Balaban J connectivity index is 2.27. The zero-order chi connectivity index (χ0) is 14.4. The molecule has 2 aromatic rings. The first-order valence-electron chi connectivity index (χ1n) is 7.04. The SMILES string of the molecule is CC1=Cc2c(Br)ccc(-c3c(C)cc(C)cc3C)c2C1. The van der Waals surface area contributed by atoms with E-state index >= 15 is 0 Å². The predicted octanol–water partition coefficient (Wildman–Crippen LogP) is 6.00. The van der Waals surface area contributed by atoms with Crippen LogP contribution < -0.4 is 0 Å². The van der Waals surface area contributed by atoms with E-state index in [1.165, 1.54) is 49.0 Å². The molecular formula is C19H19Br. The first-order chi connectivity index (χ1) is 9.47. The zero-order valence-electron chi connectivity index (χ0n) is 12.5. The third-order valence-electron chi connectivity index (χ3n) is 4.10. The molecule has 0 N–H and O–H groups in total. The highest BCUT2D eigenvalue weighted by Crippen LogP contribution is 2.40. The molecule has 0 nitrogen and oxygen atoms in total. The Kier molecular flexibility index (Phi) is 3.33. The highest BCUT2D eigenvalue weighted by Gasteiger charge is 2.19. The molecule has 0 atom stereocenters. The molecule has 0 saturated carbocycles. The average Bonchev–Trinajstić information content (AvgIpc) is 2.73. The molecule has 0 aliphatic heterocycles. The molecular weight excluding hydrogens is 308 g/mol. The Hall–Kier alpha value is -1.34. The standard InChI is InChI=1S/C19H19Br/c1-11-7-13(3)19(14(4)8-11)15-5-6-18(20)17-10-12(2)9-16(15)17/h5-8,10H,9H2,1-4H3. The molecule has 0 bridgehead atoms. The van der Waals surface area contributed by atoms with Crippen LogP contribution >= 0.6 is 15.9 Å². The van der Waals surface area contributed by atoms with Crippen LogP contribution in [-0.2, 0) is 6.42 Å². The molecule has 1 heteroatoms. The Morgan fingerprint density at radius 2 is 1.60 bits per heavy atom. The van der Waals surface area contributed by atoms with Crippen molar-refractivity contribution >= 4 is 22.0 Å². The maximum atomic E-state index is 3.69. The van der Waals surface area contributed by atoms with Gasteiger partial charge in [0.15, 0.2) is 0 Å². The van der Waals surface area contributed by atoms with Crippen molar-refractivity contribution in [1.82, 2.24) is 0 Å². The van der Waals surface area contributed by atoms with E-state index < -0.39 is 0 Å². The van der Waals surface area contributed by atoms with Gasteiger partial charge in [-0.3, -0.25) is 0 Å². The molecule has 0 unspecified atom stereocenters. The average molecular weight is 327 g/mol. The van der Waals surface area contributed by atoms with Gasteiger partial charge in [-0.1, -0.05) is 51.3 Å².